The van der Waals surface area contributed by atoms with Gasteiger partial charge in [0.25, 0.3) is 5.91 Å². The van der Waals surface area contributed by atoms with Crippen LogP contribution in [0.4, 0.5) is 0 Å². The van der Waals surface area contributed by atoms with E-state index in [1.165, 1.54) is 0 Å². The summed E-state index contributed by atoms with van der Waals surface area (Å²) < 4.78 is 1.78. The fourth-order valence-corrected chi connectivity index (χ4v) is 4.43. The average Bonchev–Trinajstić information content (AvgIpc) is 3.10. The van der Waals surface area contributed by atoms with Gasteiger partial charge in [-0.2, -0.15) is 5.10 Å². The summed E-state index contributed by atoms with van der Waals surface area (Å²) in [7, 11) is 1.88. The number of Topliss-reactive ketones (excluding diaryl/α,β-unsaturated/α-hetero) is 1. The lowest BCUT2D eigenvalue weighted by Crippen LogP contribution is -2.35. The van der Waals surface area contributed by atoms with Gasteiger partial charge in [0, 0.05) is 38.4 Å². The second-order valence-corrected chi connectivity index (χ2v) is 7.72. The number of aryl methyl sites for hydroxylation is 1. The van der Waals surface area contributed by atoms with Crippen molar-refractivity contribution in [3.05, 3.63) is 52.3 Å². The minimum absolute atomic E-state index is 0.0378. The average molecular weight is 372 g/mol. The summed E-state index contributed by atoms with van der Waals surface area (Å²) in [6, 6.07) is 7.79. The number of nitrogens with zero attached hydrogens (tertiary/aromatic N) is 3. The zero-order valence-electron chi connectivity index (χ0n) is 14.8. The van der Waals surface area contributed by atoms with Crippen LogP contribution >= 0.6 is 11.6 Å². The molecule has 4 rings (SSSR count). The largest absolute Gasteiger partial charge is 0.331 e. The molecule has 2 aliphatic rings. The normalized spacial score (nSPS) is 20.7. The predicted molar refractivity (Wildman–Crippen MR) is 99.1 cm³/mol. The van der Waals surface area contributed by atoms with E-state index in [9.17, 15) is 9.59 Å². The van der Waals surface area contributed by atoms with Crippen LogP contribution in [0.3, 0.4) is 0 Å². The fourth-order valence-electron chi connectivity index (χ4n) is 4.19. The molecule has 0 spiro atoms. The molecule has 1 aromatic carbocycles. The van der Waals surface area contributed by atoms with Gasteiger partial charge >= 0.3 is 0 Å². The molecule has 1 atom stereocenters. The summed E-state index contributed by atoms with van der Waals surface area (Å²) in [5.74, 6) is 0.812. The Labute approximate surface area is 157 Å². The molecule has 1 fully saturated rings. The van der Waals surface area contributed by atoms with Crippen LogP contribution in [-0.2, 0) is 18.3 Å². The maximum absolute atomic E-state index is 13.0. The highest BCUT2D eigenvalue weighted by molar-refractivity contribution is 6.31. The van der Waals surface area contributed by atoms with Gasteiger partial charge in [-0.3, -0.25) is 14.3 Å². The SMILES string of the molecule is Cn1ncc(Cl)c1CC1c2ccccc2C(=O)N1CC1CCC(=O)CC1. The number of hydrogen-bond acceptors (Lipinski definition) is 3. The van der Waals surface area contributed by atoms with Crippen molar-refractivity contribution < 1.29 is 9.59 Å². The van der Waals surface area contributed by atoms with E-state index in [4.69, 9.17) is 11.6 Å². The lowest BCUT2D eigenvalue weighted by molar-refractivity contribution is -0.121. The first-order valence-corrected chi connectivity index (χ1v) is 9.50. The molecule has 136 valence electrons. The summed E-state index contributed by atoms with van der Waals surface area (Å²) in [4.78, 5) is 26.6. The summed E-state index contributed by atoms with van der Waals surface area (Å²) in [6.45, 7) is 0.695. The van der Waals surface area contributed by atoms with Gasteiger partial charge in [0.05, 0.1) is 23.0 Å². The lowest BCUT2D eigenvalue weighted by Gasteiger charge is -2.31. The monoisotopic (exact) mass is 371 g/mol. The molecule has 5 nitrogen and oxygen atoms in total. The highest BCUT2D eigenvalue weighted by Crippen LogP contribution is 2.38. The van der Waals surface area contributed by atoms with Gasteiger partial charge in [-0.1, -0.05) is 29.8 Å². The van der Waals surface area contributed by atoms with E-state index in [1.807, 2.05) is 36.2 Å². The Kier molecular flexibility index (Phi) is 4.57. The molecule has 1 aliphatic carbocycles. The van der Waals surface area contributed by atoms with E-state index < -0.39 is 0 Å². The van der Waals surface area contributed by atoms with Crippen molar-refractivity contribution in [1.82, 2.24) is 14.7 Å². The quantitative estimate of drug-likeness (QED) is 0.825. The molecule has 1 saturated carbocycles. The minimum atomic E-state index is -0.0378. The lowest BCUT2D eigenvalue weighted by atomic mass is 9.87. The van der Waals surface area contributed by atoms with Gasteiger partial charge in [0.2, 0.25) is 0 Å². The van der Waals surface area contributed by atoms with Crippen LogP contribution in [0, 0.1) is 5.92 Å². The highest BCUT2D eigenvalue weighted by Gasteiger charge is 2.38. The first-order valence-electron chi connectivity index (χ1n) is 9.12. The number of carbonyl (C=O) groups excluding carboxylic acids is 2. The van der Waals surface area contributed by atoms with Crippen molar-refractivity contribution in [2.75, 3.05) is 6.54 Å². The molecule has 2 aromatic rings. The number of rotatable bonds is 4. The zero-order valence-corrected chi connectivity index (χ0v) is 15.6. The topological polar surface area (TPSA) is 55.2 Å². The van der Waals surface area contributed by atoms with Crippen LogP contribution in [0.5, 0.6) is 0 Å². The fraction of sp³-hybridized carbons (Fsp3) is 0.450. The van der Waals surface area contributed by atoms with E-state index in [0.717, 1.165) is 29.7 Å². The van der Waals surface area contributed by atoms with E-state index in [2.05, 4.69) is 5.10 Å². The molecule has 26 heavy (non-hydrogen) atoms. The maximum Gasteiger partial charge on any atom is 0.254 e. The number of ketones is 1. The van der Waals surface area contributed by atoms with Crippen LogP contribution in [-0.4, -0.2) is 32.9 Å². The number of halogens is 1. The Morgan fingerprint density at radius 2 is 1.92 bits per heavy atom. The van der Waals surface area contributed by atoms with Crippen molar-refractivity contribution in [3.63, 3.8) is 0 Å². The van der Waals surface area contributed by atoms with Crippen LogP contribution in [0.1, 0.15) is 53.3 Å². The van der Waals surface area contributed by atoms with Gasteiger partial charge in [-0.15, -0.1) is 0 Å². The van der Waals surface area contributed by atoms with Crippen LogP contribution in [0.15, 0.2) is 30.5 Å². The second-order valence-electron chi connectivity index (χ2n) is 7.31. The number of benzene rings is 1. The van der Waals surface area contributed by atoms with E-state index in [-0.39, 0.29) is 11.9 Å². The Morgan fingerprint density at radius 1 is 1.19 bits per heavy atom. The Bertz CT molecular complexity index is 831. The smallest absolute Gasteiger partial charge is 0.254 e. The molecule has 6 heteroatoms. The van der Waals surface area contributed by atoms with Crippen LogP contribution < -0.4 is 0 Å². The molecule has 0 bridgehead atoms. The molecule has 2 heterocycles. The first-order chi connectivity index (χ1) is 12.5. The predicted octanol–water partition coefficient (Wildman–Crippen LogP) is 3.57. The summed E-state index contributed by atoms with van der Waals surface area (Å²) in [5.41, 5.74) is 2.77. The number of amides is 1. The van der Waals surface area contributed by atoms with Crippen molar-refractivity contribution in [2.45, 2.75) is 38.1 Å². The van der Waals surface area contributed by atoms with Gasteiger partial charge in [-0.25, -0.2) is 0 Å². The summed E-state index contributed by atoms with van der Waals surface area (Å²) >= 11 is 6.32. The van der Waals surface area contributed by atoms with E-state index in [1.54, 1.807) is 10.9 Å². The van der Waals surface area contributed by atoms with E-state index >= 15 is 0 Å². The third-order valence-corrected chi connectivity index (χ3v) is 6.02. The second kappa shape index (κ2) is 6.88. The Balaban J connectivity index is 1.63. The summed E-state index contributed by atoms with van der Waals surface area (Å²) in [5, 5.41) is 4.86. The minimum Gasteiger partial charge on any atom is -0.331 e. The number of hydrogen-bond donors (Lipinski definition) is 0. The van der Waals surface area contributed by atoms with Gasteiger partial charge in [-0.05, 0) is 30.4 Å². The van der Waals surface area contributed by atoms with Crippen molar-refractivity contribution in [3.8, 4) is 0 Å². The van der Waals surface area contributed by atoms with Crippen molar-refractivity contribution in [2.24, 2.45) is 13.0 Å². The highest BCUT2D eigenvalue weighted by atomic mass is 35.5. The maximum atomic E-state index is 13.0. The first kappa shape index (κ1) is 17.3. The number of fused-ring (bicyclic) bond motifs is 1. The van der Waals surface area contributed by atoms with Gasteiger partial charge in [0.1, 0.15) is 5.78 Å². The number of carbonyl (C=O) groups is 2. The molecule has 0 N–H and O–H groups in total. The molecule has 1 amide bonds. The molecule has 1 unspecified atom stereocenters. The van der Waals surface area contributed by atoms with Gasteiger partial charge in [0.15, 0.2) is 0 Å². The molecule has 1 aromatic heterocycles. The molecular weight excluding hydrogens is 350 g/mol. The third kappa shape index (κ3) is 3.05. The summed E-state index contributed by atoms with van der Waals surface area (Å²) in [6.07, 6.45) is 5.31. The Hall–Kier alpha value is -2.14. The molecule has 0 radical (unpaired) electrons. The third-order valence-electron chi connectivity index (χ3n) is 5.70. The standard InChI is InChI=1S/C20H22ClN3O2/c1-23-19(17(21)11-22-23)10-18-15-4-2-3-5-16(15)20(26)24(18)12-13-6-8-14(25)9-7-13/h2-5,11,13,18H,6-10,12H2,1H3. The van der Waals surface area contributed by atoms with Crippen LogP contribution in [0.2, 0.25) is 5.02 Å². The zero-order chi connectivity index (χ0) is 18.3. The molecule has 0 saturated heterocycles. The molecular formula is C20H22ClN3O2. The molecule has 1 aliphatic heterocycles. The van der Waals surface area contributed by atoms with E-state index in [0.29, 0.717) is 42.5 Å². The van der Waals surface area contributed by atoms with Crippen molar-refractivity contribution in [1.29, 1.82) is 0 Å². The van der Waals surface area contributed by atoms with Gasteiger partial charge < -0.3 is 4.90 Å². The van der Waals surface area contributed by atoms with Crippen LogP contribution in [0.25, 0.3) is 0 Å². The Morgan fingerprint density at radius 3 is 2.62 bits per heavy atom. The number of aromatic nitrogens is 2. The van der Waals surface area contributed by atoms with Crippen molar-refractivity contribution >= 4 is 23.3 Å².